The van der Waals surface area contributed by atoms with Gasteiger partial charge in [-0.15, -0.1) is 0 Å². The van der Waals surface area contributed by atoms with Gasteiger partial charge in [-0.3, -0.25) is 10.1 Å². The number of nitro benzene ring substituents is 1. The number of nitro groups is 1. The standard InChI is InChI=1S/C15H20N2O2/c1-11-8-9-13(10-15(11)17(18)19)12(2)16-14-6-4-3-5-7-14/h3-4,8-10,12,14,16H,5-7H2,1-2H3. The first-order chi connectivity index (χ1) is 9.08. The van der Waals surface area contributed by atoms with Crippen molar-refractivity contribution in [3.05, 3.63) is 51.6 Å². The minimum atomic E-state index is -0.311. The fraction of sp³-hybridized carbons (Fsp3) is 0.467. The molecule has 2 unspecified atom stereocenters. The third kappa shape index (κ3) is 3.41. The van der Waals surface area contributed by atoms with E-state index in [9.17, 15) is 10.1 Å². The van der Waals surface area contributed by atoms with Crippen LogP contribution in [-0.2, 0) is 0 Å². The van der Waals surface area contributed by atoms with Gasteiger partial charge in [0.1, 0.15) is 0 Å². The molecule has 0 radical (unpaired) electrons. The highest BCUT2D eigenvalue weighted by atomic mass is 16.6. The van der Waals surface area contributed by atoms with Crippen molar-refractivity contribution in [1.29, 1.82) is 0 Å². The molecule has 2 atom stereocenters. The van der Waals surface area contributed by atoms with Crippen molar-refractivity contribution in [2.45, 2.75) is 45.2 Å². The normalized spacial score (nSPS) is 20.2. The van der Waals surface area contributed by atoms with Crippen LogP contribution in [0.3, 0.4) is 0 Å². The maximum atomic E-state index is 11.0. The lowest BCUT2D eigenvalue weighted by Gasteiger charge is -2.24. The molecular formula is C15H20N2O2. The molecule has 4 heteroatoms. The van der Waals surface area contributed by atoms with Crippen molar-refractivity contribution >= 4 is 5.69 Å². The van der Waals surface area contributed by atoms with Crippen LogP contribution in [0, 0.1) is 17.0 Å². The van der Waals surface area contributed by atoms with Gasteiger partial charge < -0.3 is 5.32 Å². The monoisotopic (exact) mass is 260 g/mol. The molecule has 0 fully saturated rings. The quantitative estimate of drug-likeness (QED) is 0.510. The average molecular weight is 260 g/mol. The summed E-state index contributed by atoms with van der Waals surface area (Å²) in [5.74, 6) is 0. The highest BCUT2D eigenvalue weighted by molar-refractivity contribution is 5.43. The molecule has 0 saturated heterocycles. The Bertz CT molecular complexity index is 497. The molecular weight excluding hydrogens is 240 g/mol. The van der Waals surface area contributed by atoms with Gasteiger partial charge in [-0.25, -0.2) is 0 Å². The smallest absolute Gasteiger partial charge is 0.272 e. The molecule has 0 amide bonds. The van der Waals surface area contributed by atoms with E-state index in [-0.39, 0.29) is 16.7 Å². The van der Waals surface area contributed by atoms with Crippen LogP contribution >= 0.6 is 0 Å². The largest absolute Gasteiger partial charge is 0.307 e. The van der Waals surface area contributed by atoms with Gasteiger partial charge in [-0.2, -0.15) is 0 Å². The van der Waals surface area contributed by atoms with Crippen LogP contribution < -0.4 is 5.32 Å². The molecule has 0 aromatic heterocycles. The first-order valence-corrected chi connectivity index (χ1v) is 6.74. The van der Waals surface area contributed by atoms with E-state index in [1.165, 1.54) is 0 Å². The third-order valence-electron chi connectivity index (χ3n) is 3.68. The van der Waals surface area contributed by atoms with E-state index < -0.39 is 0 Å². The number of hydrogen-bond donors (Lipinski definition) is 1. The molecule has 19 heavy (non-hydrogen) atoms. The highest BCUT2D eigenvalue weighted by Crippen LogP contribution is 2.24. The van der Waals surface area contributed by atoms with Gasteiger partial charge in [0.2, 0.25) is 0 Å². The van der Waals surface area contributed by atoms with Gasteiger partial charge in [0.05, 0.1) is 4.92 Å². The van der Waals surface area contributed by atoms with E-state index in [0.717, 1.165) is 24.8 Å². The summed E-state index contributed by atoms with van der Waals surface area (Å²) in [5.41, 5.74) is 1.89. The maximum Gasteiger partial charge on any atom is 0.272 e. The summed E-state index contributed by atoms with van der Waals surface area (Å²) in [5, 5.41) is 14.5. The van der Waals surface area contributed by atoms with E-state index in [1.807, 2.05) is 12.1 Å². The van der Waals surface area contributed by atoms with Crippen LogP contribution in [0.2, 0.25) is 0 Å². The van der Waals surface area contributed by atoms with Crippen molar-refractivity contribution in [1.82, 2.24) is 5.32 Å². The van der Waals surface area contributed by atoms with Crippen molar-refractivity contribution in [2.24, 2.45) is 0 Å². The van der Waals surface area contributed by atoms with Crippen LogP contribution in [0.15, 0.2) is 30.4 Å². The van der Waals surface area contributed by atoms with Crippen molar-refractivity contribution < 1.29 is 4.92 Å². The summed E-state index contributed by atoms with van der Waals surface area (Å²) >= 11 is 0. The molecule has 102 valence electrons. The number of nitrogens with one attached hydrogen (secondary N) is 1. The number of hydrogen-bond acceptors (Lipinski definition) is 3. The number of benzene rings is 1. The highest BCUT2D eigenvalue weighted by Gasteiger charge is 2.17. The van der Waals surface area contributed by atoms with Gasteiger partial charge in [0, 0.05) is 23.7 Å². The van der Waals surface area contributed by atoms with E-state index in [0.29, 0.717) is 11.6 Å². The lowest BCUT2D eigenvalue weighted by atomic mass is 9.99. The molecule has 0 aliphatic heterocycles. The number of rotatable bonds is 4. The van der Waals surface area contributed by atoms with Crippen LogP contribution in [0.1, 0.15) is 43.4 Å². The van der Waals surface area contributed by atoms with Crippen molar-refractivity contribution in [2.75, 3.05) is 0 Å². The van der Waals surface area contributed by atoms with E-state index >= 15 is 0 Å². The second-order valence-electron chi connectivity index (χ2n) is 5.17. The molecule has 0 heterocycles. The Morgan fingerprint density at radius 3 is 2.84 bits per heavy atom. The average Bonchev–Trinajstić information content (AvgIpc) is 2.40. The Hall–Kier alpha value is -1.68. The van der Waals surface area contributed by atoms with Gasteiger partial charge in [0.15, 0.2) is 0 Å². The minimum Gasteiger partial charge on any atom is -0.307 e. The van der Waals surface area contributed by atoms with Gasteiger partial charge in [-0.05, 0) is 38.7 Å². The zero-order valence-corrected chi connectivity index (χ0v) is 11.4. The van der Waals surface area contributed by atoms with Crippen molar-refractivity contribution in [3.63, 3.8) is 0 Å². The molecule has 1 aliphatic rings. The molecule has 1 aliphatic carbocycles. The van der Waals surface area contributed by atoms with Crippen LogP contribution in [-0.4, -0.2) is 11.0 Å². The fourth-order valence-corrected chi connectivity index (χ4v) is 2.49. The molecule has 1 aromatic rings. The Kier molecular flexibility index (Phi) is 4.32. The molecule has 0 spiro atoms. The van der Waals surface area contributed by atoms with E-state index in [1.54, 1.807) is 13.0 Å². The van der Waals surface area contributed by atoms with Gasteiger partial charge in [-0.1, -0.05) is 24.3 Å². The molecule has 0 bridgehead atoms. The zero-order valence-electron chi connectivity index (χ0n) is 11.4. The SMILES string of the molecule is Cc1ccc(C(C)NC2CC=CCC2)cc1[N+](=O)[O-]. The fourth-order valence-electron chi connectivity index (χ4n) is 2.49. The Morgan fingerprint density at radius 2 is 2.21 bits per heavy atom. The molecule has 1 N–H and O–H groups in total. The maximum absolute atomic E-state index is 11.0. The van der Waals surface area contributed by atoms with E-state index in [4.69, 9.17) is 0 Å². The third-order valence-corrected chi connectivity index (χ3v) is 3.68. The van der Waals surface area contributed by atoms with E-state index in [2.05, 4.69) is 24.4 Å². The summed E-state index contributed by atoms with van der Waals surface area (Å²) in [7, 11) is 0. The Morgan fingerprint density at radius 1 is 1.42 bits per heavy atom. The van der Waals surface area contributed by atoms with Crippen LogP contribution in [0.25, 0.3) is 0 Å². The number of nitrogens with zero attached hydrogens (tertiary/aromatic N) is 1. The molecule has 4 nitrogen and oxygen atoms in total. The summed E-state index contributed by atoms with van der Waals surface area (Å²) in [6, 6.07) is 6.09. The lowest BCUT2D eigenvalue weighted by molar-refractivity contribution is -0.385. The molecule has 1 aromatic carbocycles. The zero-order chi connectivity index (χ0) is 13.8. The Balaban J connectivity index is 2.10. The molecule has 2 rings (SSSR count). The summed E-state index contributed by atoms with van der Waals surface area (Å²) < 4.78 is 0. The van der Waals surface area contributed by atoms with Crippen molar-refractivity contribution in [3.8, 4) is 0 Å². The lowest BCUT2D eigenvalue weighted by Crippen LogP contribution is -2.32. The summed E-state index contributed by atoms with van der Waals surface area (Å²) in [6.45, 7) is 3.83. The number of allylic oxidation sites excluding steroid dienone is 1. The molecule has 0 saturated carbocycles. The Labute approximate surface area is 113 Å². The van der Waals surface area contributed by atoms with Crippen LogP contribution in [0.4, 0.5) is 5.69 Å². The summed E-state index contributed by atoms with van der Waals surface area (Å²) in [6.07, 6.45) is 7.69. The minimum absolute atomic E-state index is 0.135. The van der Waals surface area contributed by atoms with Crippen LogP contribution in [0.5, 0.6) is 0 Å². The predicted octanol–water partition coefficient (Wildman–Crippen LogP) is 3.66. The summed E-state index contributed by atoms with van der Waals surface area (Å²) in [4.78, 5) is 10.7. The topological polar surface area (TPSA) is 55.2 Å². The number of aryl methyl sites for hydroxylation is 1. The first kappa shape index (κ1) is 13.7. The second kappa shape index (κ2) is 5.97. The van der Waals surface area contributed by atoms with Gasteiger partial charge in [0.25, 0.3) is 5.69 Å². The predicted molar refractivity (Wildman–Crippen MR) is 76.2 cm³/mol. The second-order valence-corrected chi connectivity index (χ2v) is 5.17. The van der Waals surface area contributed by atoms with Gasteiger partial charge >= 0.3 is 0 Å². The first-order valence-electron chi connectivity index (χ1n) is 6.74.